The zero-order valence-corrected chi connectivity index (χ0v) is 13.6. The summed E-state index contributed by atoms with van der Waals surface area (Å²) >= 11 is 0. The second-order valence-corrected chi connectivity index (χ2v) is 8.04. The maximum absolute atomic E-state index is 11.8. The van der Waals surface area contributed by atoms with Gasteiger partial charge in [-0.2, -0.15) is 0 Å². The monoisotopic (exact) mass is 323 g/mol. The smallest absolute Gasteiger partial charge is 0.322 e. The summed E-state index contributed by atoms with van der Waals surface area (Å²) in [6.07, 6.45) is 0. The van der Waals surface area contributed by atoms with Crippen molar-refractivity contribution in [1.82, 2.24) is 16.0 Å². The van der Waals surface area contributed by atoms with E-state index in [1.54, 1.807) is 10.8 Å². The van der Waals surface area contributed by atoms with Crippen molar-refractivity contribution in [3.63, 3.8) is 0 Å². The molecule has 7 nitrogen and oxygen atoms in total. The van der Waals surface area contributed by atoms with Gasteiger partial charge in [0.25, 0.3) is 0 Å². The number of nitrogens with one attached hydrogen (secondary N) is 3. The number of carboxylic acid groups (broad SMARTS) is 1. The van der Waals surface area contributed by atoms with Gasteiger partial charge in [0.15, 0.2) is 0 Å². The van der Waals surface area contributed by atoms with Crippen LogP contribution in [0.25, 0.3) is 0 Å². The predicted octanol–water partition coefficient (Wildman–Crippen LogP) is 0.665. The van der Waals surface area contributed by atoms with Crippen molar-refractivity contribution in [3.05, 3.63) is 0 Å². The van der Waals surface area contributed by atoms with E-state index in [4.69, 9.17) is 5.11 Å². The first kappa shape index (κ1) is 18.9. The van der Waals surface area contributed by atoms with Gasteiger partial charge in [0.1, 0.15) is 12.6 Å². The first-order valence-corrected chi connectivity index (χ1v) is 8.26. The molecule has 116 valence electrons. The van der Waals surface area contributed by atoms with Crippen LogP contribution in [0.5, 0.6) is 0 Å². The number of urea groups is 1. The number of carbonyl (C=O) groups excluding carboxylic acids is 2. The Labute approximate surface area is 126 Å². The normalized spacial score (nSPS) is 12.4. The average molecular weight is 323 g/mol. The highest BCUT2D eigenvalue weighted by Crippen LogP contribution is 2.35. The molecule has 1 unspecified atom stereocenters. The molecule has 3 amide bonds. The number of rotatable bonds is 7. The number of carboxylic acids is 1. The number of hydrogen-bond acceptors (Lipinski definition) is 5. The highest BCUT2D eigenvalue weighted by atomic mass is 33.1. The second-order valence-electron chi connectivity index (χ2n) is 4.87. The Morgan fingerprint density at radius 3 is 2.30 bits per heavy atom. The van der Waals surface area contributed by atoms with E-state index in [-0.39, 0.29) is 4.75 Å². The Hall–Kier alpha value is -1.09. The van der Waals surface area contributed by atoms with E-state index in [2.05, 4.69) is 16.0 Å². The molecule has 0 heterocycles. The summed E-state index contributed by atoms with van der Waals surface area (Å²) in [5.41, 5.74) is 0. The lowest BCUT2D eigenvalue weighted by Gasteiger charge is -2.20. The minimum atomic E-state index is -1.13. The molecule has 0 radical (unpaired) electrons. The number of carbonyl (C=O) groups is 3. The van der Waals surface area contributed by atoms with Crippen LogP contribution in [0.15, 0.2) is 0 Å². The summed E-state index contributed by atoms with van der Waals surface area (Å²) in [6.45, 7) is 5.64. The van der Waals surface area contributed by atoms with Crippen LogP contribution in [0.1, 0.15) is 20.8 Å². The fourth-order valence-electron chi connectivity index (χ4n) is 0.978. The topological polar surface area (TPSA) is 108 Å². The van der Waals surface area contributed by atoms with Gasteiger partial charge in [-0.25, -0.2) is 4.79 Å². The summed E-state index contributed by atoms with van der Waals surface area (Å²) in [7, 11) is 4.48. The van der Waals surface area contributed by atoms with Crippen LogP contribution in [-0.2, 0) is 9.59 Å². The van der Waals surface area contributed by atoms with Crippen LogP contribution in [0, 0.1) is 0 Å². The van der Waals surface area contributed by atoms with Crippen LogP contribution >= 0.6 is 21.6 Å². The van der Waals surface area contributed by atoms with Gasteiger partial charge >= 0.3 is 12.0 Å². The van der Waals surface area contributed by atoms with Gasteiger partial charge in [0.05, 0.1) is 0 Å². The number of hydrogen-bond donors (Lipinski definition) is 4. The molecule has 0 aliphatic heterocycles. The molecule has 0 aromatic carbocycles. The molecule has 0 aromatic rings. The Morgan fingerprint density at radius 1 is 1.25 bits per heavy atom. The fourth-order valence-corrected chi connectivity index (χ4v) is 3.44. The summed E-state index contributed by atoms with van der Waals surface area (Å²) in [6, 6.07) is -1.27. The lowest BCUT2D eigenvalue weighted by atomic mass is 10.3. The Balaban J connectivity index is 4.43. The van der Waals surface area contributed by atoms with Crippen LogP contribution in [0.4, 0.5) is 4.79 Å². The molecule has 0 aliphatic rings. The lowest BCUT2D eigenvalue weighted by molar-refractivity contribution is -0.138. The minimum absolute atomic E-state index is 0.0276. The predicted molar refractivity (Wildman–Crippen MR) is 81.8 cm³/mol. The van der Waals surface area contributed by atoms with Gasteiger partial charge in [-0.1, -0.05) is 42.4 Å². The molecule has 0 aromatic heterocycles. The van der Waals surface area contributed by atoms with Gasteiger partial charge < -0.3 is 21.1 Å². The maximum Gasteiger partial charge on any atom is 0.322 e. The molecular weight excluding hydrogens is 302 g/mol. The summed E-state index contributed by atoms with van der Waals surface area (Å²) in [5, 5.41) is 15.6. The molecule has 0 spiro atoms. The largest absolute Gasteiger partial charge is 0.480 e. The number of amides is 3. The van der Waals surface area contributed by atoms with E-state index in [0.717, 1.165) is 0 Å². The van der Waals surface area contributed by atoms with Crippen molar-refractivity contribution in [2.75, 3.05) is 19.3 Å². The maximum atomic E-state index is 11.8. The lowest BCUT2D eigenvalue weighted by Crippen LogP contribution is -2.51. The van der Waals surface area contributed by atoms with Crippen LogP contribution in [0.3, 0.4) is 0 Å². The highest BCUT2D eigenvalue weighted by Gasteiger charge is 2.22. The first-order chi connectivity index (χ1) is 9.15. The third kappa shape index (κ3) is 9.79. The van der Waals surface area contributed by atoms with Crippen molar-refractivity contribution in [2.45, 2.75) is 31.6 Å². The quantitative estimate of drug-likeness (QED) is 0.513. The van der Waals surface area contributed by atoms with Crippen molar-refractivity contribution in [2.24, 2.45) is 0 Å². The van der Waals surface area contributed by atoms with E-state index in [9.17, 15) is 14.4 Å². The second kappa shape index (κ2) is 8.96. The van der Waals surface area contributed by atoms with E-state index in [0.29, 0.717) is 5.75 Å². The molecule has 9 heteroatoms. The van der Waals surface area contributed by atoms with Crippen molar-refractivity contribution >= 4 is 39.5 Å². The summed E-state index contributed by atoms with van der Waals surface area (Å²) < 4.78 is 0.0276. The van der Waals surface area contributed by atoms with Crippen LogP contribution in [0.2, 0.25) is 0 Å². The standard InChI is InChI=1S/C11H21N3O4S2/c1-11(2,3)20-19-6-7(14-10(18)12-4)9(17)13-5-8(15)16/h7H,5-6H2,1-4H3,(H,13,17)(H,15,16)(H2,12,14,18). The third-order valence-corrected chi connectivity index (χ3v) is 5.16. The highest BCUT2D eigenvalue weighted by molar-refractivity contribution is 8.77. The fraction of sp³-hybridized carbons (Fsp3) is 0.727. The van der Waals surface area contributed by atoms with Gasteiger partial charge in [0, 0.05) is 17.5 Å². The van der Waals surface area contributed by atoms with Crippen molar-refractivity contribution in [3.8, 4) is 0 Å². The average Bonchev–Trinajstić information content (AvgIpc) is 2.32. The van der Waals surface area contributed by atoms with Gasteiger partial charge in [0.2, 0.25) is 5.91 Å². The SMILES string of the molecule is CNC(=O)NC(CSSC(C)(C)C)C(=O)NCC(=O)O. The molecule has 20 heavy (non-hydrogen) atoms. The van der Waals surface area contributed by atoms with E-state index < -0.39 is 30.5 Å². The summed E-state index contributed by atoms with van der Waals surface area (Å²) in [5.74, 6) is -1.30. The van der Waals surface area contributed by atoms with Crippen molar-refractivity contribution in [1.29, 1.82) is 0 Å². The molecule has 0 fully saturated rings. The molecule has 0 saturated heterocycles. The molecular formula is C11H21N3O4S2. The Bertz CT molecular complexity index is 358. The van der Waals surface area contributed by atoms with Gasteiger partial charge in [-0.15, -0.1) is 0 Å². The Kier molecular flexibility index (Phi) is 8.47. The molecule has 0 rings (SSSR count). The van der Waals surface area contributed by atoms with Crippen molar-refractivity contribution < 1.29 is 19.5 Å². The molecule has 0 bridgehead atoms. The van der Waals surface area contributed by atoms with E-state index in [1.165, 1.54) is 17.8 Å². The molecule has 4 N–H and O–H groups in total. The zero-order chi connectivity index (χ0) is 15.8. The molecule has 0 aliphatic carbocycles. The summed E-state index contributed by atoms with van der Waals surface area (Å²) in [4.78, 5) is 33.5. The third-order valence-electron chi connectivity index (χ3n) is 1.81. The van der Waals surface area contributed by atoms with Crippen LogP contribution < -0.4 is 16.0 Å². The minimum Gasteiger partial charge on any atom is -0.480 e. The zero-order valence-electron chi connectivity index (χ0n) is 12.0. The van der Waals surface area contributed by atoms with E-state index >= 15 is 0 Å². The molecule has 0 saturated carbocycles. The molecule has 1 atom stereocenters. The van der Waals surface area contributed by atoms with E-state index in [1.807, 2.05) is 20.8 Å². The first-order valence-electron chi connectivity index (χ1n) is 5.94. The van der Waals surface area contributed by atoms with Gasteiger partial charge in [-0.3, -0.25) is 9.59 Å². The number of aliphatic carboxylic acids is 1. The van der Waals surface area contributed by atoms with Gasteiger partial charge in [-0.05, 0) is 0 Å². The Morgan fingerprint density at radius 2 is 1.85 bits per heavy atom. The van der Waals surface area contributed by atoms with Crippen LogP contribution in [-0.4, -0.2) is 53.1 Å².